The van der Waals surface area contributed by atoms with Crippen LogP contribution in [-0.2, 0) is 9.63 Å². The first-order chi connectivity index (χ1) is 9.11. The second-order valence-corrected chi connectivity index (χ2v) is 3.46. The van der Waals surface area contributed by atoms with E-state index < -0.39 is 5.09 Å². The molecule has 0 unspecified atom stereocenters. The maximum Gasteiger partial charge on any atom is 0.294 e. The van der Waals surface area contributed by atoms with Gasteiger partial charge in [0.15, 0.2) is 0 Å². The molecule has 1 rings (SSSR count). The molecule has 0 saturated heterocycles. The van der Waals surface area contributed by atoms with Crippen LogP contribution in [-0.4, -0.2) is 31.3 Å². The van der Waals surface area contributed by atoms with E-state index in [9.17, 15) is 14.9 Å². The summed E-state index contributed by atoms with van der Waals surface area (Å²) in [5.41, 5.74) is 0.816. The van der Waals surface area contributed by atoms with Crippen molar-refractivity contribution in [1.82, 2.24) is 5.32 Å². The molecule has 1 aromatic carbocycles. The molecule has 0 heterocycles. The monoisotopic (exact) mass is 266 g/mol. The third-order valence-electron chi connectivity index (χ3n) is 2.12. The number of methoxy groups -OCH3 is 1. The highest BCUT2D eigenvalue weighted by molar-refractivity contribution is 5.91. The summed E-state index contributed by atoms with van der Waals surface area (Å²) < 4.78 is 5.05. The Morgan fingerprint density at radius 2 is 2.32 bits per heavy atom. The summed E-state index contributed by atoms with van der Waals surface area (Å²) in [6.45, 7) is -0.103. The van der Waals surface area contributed by atoms with Crippen LogP contribution in [0.2, 0.25) is 0 Å². The van der Waals surface area contributed by atoms with E-state index in [1.807, 2.05) is 6.07 Å². The summed E-state index contributed by atoms with van der Waals surface area (Å²) >= 11 is 0. The van der Waals surface area contributed by atoms with E-state index in [-0.39, 0.29) is 19.1 Å². The normalized spacial score (nSPS) is 10.2. The van der Waals surface area contributed by atoms with Gasteiger partial charge in [0.2, 0.25) is 5.91 Å². The van der Waals surface area contributed by atoms with Crippen LogP contribution >= 0.6 is 0 Å². The van der Waals surface area contributed by atoms with Crippen molar-refractivity contribution in [3.05, 3.63) is 46.0 Å². The van der Waals surface area contributed by atoms with Crippen LogP contribution in [0.3, 0.4) is 0 Å². The molecule has 0 radical (unpaired) electrons. The highest BCUT2D eigenvalue weighted by Crippen LogP contribution is 2.13. The smallest absolute Gasteiger partial charge is 0.294 e. The number of amides is 1. The number of rotatable bonds is 7. The Labute approximate surface area is 109 Å². The lowest BCUT2D eigenvalue weighted by molar-refractivity contribution is -0.757. The van der Waals surface area contributed by atoms with Gasteiger partial charge in [-0.15, -0.1) is 10.1 Å². The highest BCUT2D eigenvalue weighted by Gasteiger charge is 1.98. The topological polar surface area (TPSA) is 90.7 Å². The minimum Gasteiger partial charge on any atom is -0.497 e. The van der Waals surface area contributed by atoms with Gasteiger partial charge in [-0.05, 0) is 23.8 Å². The summed E-state index contributed by atoms with van der Waals surface area (Å²) in [6.07, 6.45) is 2.95. The van der Waals surface area contributed by atoms with Gasteiger partial charge >= 0.3 is 0 Å². The fraction of sp³-hybridized carbons (Fsp3) is 0.250. The van der Waals surface area contributed by atoms with Crippen molar-refractivity contribution in [2.24, 2.45) is 0 Å². The van der Waals surface area contributed by atoms with Crippen LogP contribution in [0, 0.1) is 10.1 Å². The van der Waals surface area contributed by atoms with E-state index in [4.69, 9.17) is 4.74 Å². The molecule has 7 heteroatoms. The van der Waals surface area contributed by atoms with Crippen molar-refractivity contribution in [2.75, 3.05) is 20.3 Å². The summed E-state index contributed by atoms with van der Waals surface area (Å²) in [6, 6.07) is 7.20. The van der Waals surface area contributed by atoms with E-state index in [0.717, 1.165) is 5.56 Å². The number of hydrogen-bond acceptors (Lipinski definition) is 5. The predicted molar refractivity (Wildman–Crippen MR) is 68.0 cm³/mol. The third kappa shape index (κ3) is 6.06. The van der Waals surface area contributed by atoms with Gasteiger partial charge in [0.25, 0.3) is 5.09 Å². The Kier molecular flexibility index (Phi) is 5.87. The molecular formula is C12H14N2O5. The molecule has 0 aliphatic rings. The van der Waals surface area contributed by atoms with Gasteiger partial charge in [-0.3, -0.25) is 4.79 Å². The first kappa shape index (κ1) is 14.5. The van der Waals surface area contributed by atoms with Crippen LogP contribution in [0.4, 0.5) is 0 Å². The maximum absolute atomic E-state index is 11.4. The van der Waals surface area contributed by atoms with E-state index in [1.165, 1.54) is 6.08 Å². The van der Waals surface area contributed by atoms with Gasteiger partial charge in [0.1, 0.15) is 12.4 Å². The van der Waals surface area contributed by atoms with Crippen LogP contribution < -0.4 is 10.1 Å². The van der Waals surface area contributed by atoms with Gasteiger partial charge in [-0.2, -0.15) is 0 Å². The Hall–Kier alpha value is -2.57. The number of ether oxygens (including phenoxy) is 1. The van der Waals surface area contributed by atoms with Gasteiger partial charge in [-0.25, -0.2) is 0 Å². The van der Waals surface area contributed by atoms with Crippen LogP contribution in [0.1, 0.15) is 5.56 Å². The molecule has 1 N–H and O–H groups in total. The molecule has 0 aromatic heterocycles. The third-order valence-corrected chi connectivity index (χ3v) is 2.12. The minimum atomic E-state index is -0.905. The summed E-state index contributed by atoms with van der Waals surface area (Å²) in [4.78, 5) is 25.3. The number of carbonyl (C=O) groups excluding carboxylic acids is 1. The Balaban J connectivity index is 2.38. The van der Waals surface area contributed by atoms with E-state index in [2.05, 4.69) is 10.2 Å². The quantitative estimate of drug-likeness (QED) is 0.344. The van der Waals surface area contributed by atoms with Crippen molar-refractivity contribution < 1.29 is 19.5 Å². The van der Waals surface area contributed by atoms with Gasteiger partial charge < -0.3 is 14.9 Å². The van der Waals surface area contributed by atoms with Crippen molar-refractivity contribution in [3.63, 3.8) is 0 Å². The zero-order valence-electron chi connectivity index (χ0n) is 10.4. The molecule has 0 saturated carbocycles. The van der Waals surface area contributed by atoms with Gasteiger partial charge in [0.05, 0.1) is 7.11 Å². The van der Waals surface area contributed by atoms with Crippen molar-refractivity contribution in [2.45, 2.75) is 0 Å². The molecule has 1 amide bonds. The molecule has 19 heavy (non-hydrogen) atoms. The van der Waals surface area contributed by atoms with Crippen molar-refractivity contribution in [1.29, 1.82) is 0 Å². The first-order valence-electron chi connectivity index (χ1n) is 5.49. The molecule has 0 spiro atoms. The largest absolute Gasteiger partial charge is 0.497 e. The molecule has 0 atom stereocenters. The minimum absolute atomic E-state index is 0.0717. The lowest BCUT2D eigenvalue weighted by atomic mass is 10.2. The molecular weight excluding hydrogens is 252 g/mol. The molecule has 102 valence electrons. The van der Waals surface area contributed by atoms with Gasteiger partial charge in [0, 0.05) is 12.6 Å². The summed E-state index contributed by atoms with van der Waals surface area (Å²) in [5, 5.41) is 11.4. The number of nitrogens with zero attached hydrogens (tertiary/aromatic N) is 1. The lowest BCUT2D eigenvalue weighted by Crippen LogP contribution is -2.26. The molecule has 1 aromatic rings. The average molecular weight is 266 g/mol. The second-order valence-electron chi connectivity index (χ2n) is 3.46. The van der Waals surface area contributed by atoms with E-state index in [1.54, 1.807) is 31.4 Å². The maximum atomic E-state index is 11.4. The first-order valence-corrected chi connectivity index (χ1v) is 5.49. The number of carbonyl (C=O) groups is 1. The number of nitrogens with one attached hydrogen (secondary N) is 1. The Morgan fingerprint density at radius 3 is 3.00 bits per heavy atom. The molecule has 7 nitrogen and oxygen atoms in total. The SMILES string of the molecule is COc1cccc(C=CC(=O)NCCO[N+](=O)[O-])c1. The van der Waals surface area contributed by atoms with E-state index >= 15 is 0 Å². The zero-order valence-corrected chi connectivity index (χ0v) is 10.4. The second kappa shape index (κ2) is 7.70. The zero-order chi connectivity index (χ0) is 14.1. The Bertz CT molecular complexity index is 473. The van der Waals surface area contributed by atoms with E-state index in [0.29, 0.717) is 5.75 Å². The Morgan fingerprint density at radius 1 is 1.53 bits per heavy atom. The number of hydrogen-bond donors (Lipinski definition) is 1. The predicted octanol–water partition coefficient (Wildman–Crippen LogP) is 1.03. The highest BCUT2D eigenvalue weighted by atomic mass is 16.9. The fourth-order valence-corrected chi connectivity index (χ4v) is 1.27. The molecule has 0 fully saturated rings. The van der Waals surface area contributed by atoms with Crippen LogP contribution in [0.15, 0.2) is 30.3 Å². The van der Waals surface area contributed by atoms with Crippen LogP contribution in [0.25, 0.3) is 6.08 Å². The summed E-state index contributed by atoms with van der Waals surface area (Å²) in [7, 11) is 1.56. The molecule has 0 bridgehead atoms. The molecule has 0 aliphatic heterocycles. The van der Waals surface area contributed by atoms with Crippen LogP contribution in [0.5, 0.6) is 5.75 Å². The van der Waals surface area contributed by atoms with Crippen molar-refractivity contribution in [3.8, 4) is 5.75 Å². The fourth-order valence-electron chi connectivity index (χ4n) is 1.27. The number of benzene rings is 1. The van der Waals surface area contributed by atoms with Crippen molar-refractivity contribution >= 4 is 12.0 Å². The summed E-state index contributed by atoms with van der Waals surface area (Å²) in [5.74, 6) is 0.344. The lowest BCUT2D eigenvalue weighted by Gasteiger charge is -2.01. The standard InChI is InChI=1S/C12H14N2O5/c1-18-11-4-2-3-10(9-11)5-6-12(15)13-7-8-19-14(16)17/h2-6,9H,7-8H2,1H3,(H,13,15). The molecule has 0 aliphatic carbocycles. The average Bonchev–Trinajstić information content (AvgIpc) is 2.41. The van der Waals surface area contributed by atoms with Gasteiger partial charge in [-0.1, -0.05) is 12.1 Å².